The molecule has 0 atom stereocenters. The fraction of sp³-hybridized carbons (Fsp3) is 0. The minimum absolute atomic E-state index is 0. The normalized spacial score (nSPS) is 12.3. The third-order valence-electron chi connectivity index (χ3n) is 4.62. The third kappa shape index (κ3) is 5.03. The molecule has 0 aliphatic rings. The Morgan fingerprint density at radius 3 is 1.34 bits per heavy atom. The van der Waals surface area contributed by atoms with Gasteiger partial charge in [-0.05, 0) is 24.3 Å². The van der Waals surface area contributed by atoms with E-state index in [9.17, 15) is 38.9 Å². The van der Waals surface area contributed by atoms with E-state index in [0.29, 0.717) is 0 Å². The van der Waals surface area contributed by atoms with Crippen LogP contribution in [0.5, 0.6) is 0 Å². The van der Waals surface area contributed by atoms with Crippen LogP contribution in [0.3, 0.4) is 0 Å². The number of benzene rings is 4. The molecule has 0 amide bonds. The number of nitrogens with two attached hydrogens (primary N) is 1. The van der Waals surface area contributed by atoms with Gasteiger partial charge < -0.3 is 19.4 Å². The molecule has 4 aromatic carbocycles. The molecule has 32 heavy (non-hydrogen) atoms. The summed E-state index contributed by atoms with van der Waals surface area (Å²) in [7, 11) is -15.3. The smallest absolute Gasteiger partial charge is 0.744 e. The first-order valence-corrected chi connectivity index (χ1v) is 11.9. The van der Waals surface area contributed by atoms with Crippen LogP contribution in [-0.4, -0.2) is 38.9 Å². The van der Waals surface area contributed by atoms with Crippen molar-refractivity contribution < 1.29 is 128 Å². The van der Waals surface area contributed by atoms with Crippen molar-refractivity contribution in [2.75, 3.05) is 5.73 Å². The molecule has 16 heteroatoms. The van der Waals surface area contributed by atoms with Gasteiger partial charge in [-0.2, -0.15) is 0 Å². The molecule has 0 bridgehead atoms. The van der Waals surface area contributed by atoms with Crippen LogP contribution in [0.25, 0.3) is 32.3 Å². The summed E-state index contributed by atoms with van der Waals surface area (Å²) in [4.78, 5) is -2.43. The number of nitrogen functional groups attached to an aromatic ring is 1. The summed E-state index contributed by atoms with van der Waals surface area (Å²) in [5.74, 6) is 0. The Bertz CT molecular complexity index is 1690. The van der Waals surface area contributed by atoms with Crippen molar-refractivity contribution in [2.45, 2.75) is 14.7 Å². The number of hydrogen-bond acceptors (Lipinski definition) is 10. The van der Waals surface area contributed by atoms with E-state index in [1.165, 1.54) is 6.07 Å². The molecule has 0 aliphatic heterocycles. The maximum atomic E-state index is 11.8. The topological polar surface area (TPSA) is 198 Å². The predicted molar refractivity (Wildman–Crippen MR) is 98.4 cm³/mol. The van der Waals surface area contributed by atoms with Gasteiger partial charge in [0.05, 0.1) is 14.7 Å². The summed E-state index contributed by atoms with van der Waals surface area (Å²) in [6, 6.07) is 5.76. The zero-order valence-corrected chi connectivity index (χ0v) is 25.4. The third-order valence-corrected chi connectivity index (χ3v) is 7.29. The van der Waals surface area contributed by atoms with Crippen LogP contribution >= 0.6 is 0 Å². The van der Waals surface area contributed by atoms with E-state index in [4.69, 9.17) is 5.73 Å². The molecule has 10 nitrogen and oxygen atoms in total. The Kier molecular flexibility index (Phi) is 9.37. The van der Waals surface area contributed by atoms with Crippen LogP contribution in [0.1, 0.15) is 0 Å². The second-order valence-electron chi connectivity index (χ2n) is 6.27. The van der Waals surface area contributed by atoms with Gasteiger partial charge in [-0.3, -0.25) is 0 Å². The Morgan fingerprint density at radius 2 is 0.906 bits per heavy atom. The molecule has 0 spiro atoms. The van der Waals surface area contributed by atoms with Gasteiger partial charge in [0, 0.05) is 38.0 Å². The fourth-order valence-electron chi connectivity index (χ4n) is 3.56. The molecule has 0 saturated carbocycles. The van der Waals surface area contributed by atoms with Gasteiger partial charge in [0.25, 0.3) is 0 Å². The molecule has 0 saturated heterocycles. The number of rotatable bonds is 3. The molecule has 0 radical (unpaired) electrons. The van der Waals surface area contributed by atoms with Crippen molar-refractivity contribution in [3.63, 3.8) is 0 Å². The first-order valence-electron chi connectivity index (χ1n) is 7.63. The van der Waals surface area contributed by atoms with E-state index in [1.54, 1.807) is 0 Å². The second-order valence-corrected chi connectivity index (χ2v) is 10.3. The molecule has 2 N–H and O–H groups in total. The van der Waals surface area contributed by atoms with Crippen LogP contribution in [0.4, 0.5) is 5.69 Å². The van der Waals surface area contributed by atoms with Crippen LogP contribution in [0.15, 0.2) is 51.1 Å². The van der Waals surface area contributed by atoms with Gasteiger partial charge in [-0.25, -0.2) is 25.3 Å². The first-order chi connectivity index (χ1) is 13.2. The van der Waals surface area contributed by atoms with E-state index in [-0.39, 0.29) is 121 Å². The van der Waals surface area contributed by atoms with Crippen LogP contribution in [0.2, 0.25) is 0 Å². The number of anilines is 1. The van der Waals surface area contributed by atoms with Gasteiger partial charge >= 0.3 is 88.7 Å². The summed E-state index contributed by atoms with van der Waals surface area (Å²) < 4.78 is 106. The standard InChI is InChI=1S/C16H11NO9S3.3Na/c17-11-5-9-12(27(18,19)20)4-2-8-14(29(24,25)26)6-10-13(28(21,22)23)3-1-7(11)15(10)16(8)9;;;/h1-6H,17H2,(H,18,19,20)(H,21,22,23)(H,24,25,26);;;/q;3*+1/p-3. The molecule has 0 unspecified atom stereocenters. The van der Waals surface area contributed by atoms with Gasteiger partial charge in [0.15, 0.2) is 0 Å². The van der Waals surface area contributed by atoms with Crippen LogP contribution in [-0.2, 0) is 30.4 Å². The van der Waals surface area contributed by atoms with Crippen molar-refractivity contribution in [2.24, 2.45) is 0 Å². The molecule has 4 rings (SSSR count). The maximum absolute atomic E-state index is 11.8. The van der Waals surface area contributed by atoms with E-state index in [1.807, 2.05) is 0 Å². The molecule has 152 valence electrons. The van der Waals surface area contributed by atoms with E-state index >= 15 is 0 Å². The van der Waals surface area contributed by atoms with Crippen LogP contribution in [0, 0.1) is 0 Å². The average Bonchev–Trinajstić information content (AvgIpc) is 2.56. The molecule has 0 aliphatic carbocycles. The molecule has 0 fully saturated rings. The Balaban J connectivity index is 0.00000171. The zero-order valence-electron chi connectivity index (χ0n) is 16.9. The number of hydrogen-bond donors (Lipinski definition) is 1. The zero-order chi connectivity index (χ0) is 21.5. The van der Waals surface area contributed by atoms with Crippen molar-refractivity contribution in [3.8, 4) is 0 Å². The Hall–Kier alpha value is 0.450. The summed E-state index contributed by atoms with van der Waals surface area (Å²) in [5.41, 5.74) is 5.88. The molecule has 4 aromatic rings. The van der Waals surface area contributed by atoms with E-state index in [0.717, 1.165) is 30.3 Å². The van der Waals surface area contributed by atoms with Crippen molar-refractivity contribution in [1.29, 1.82) is 0 Å². The Morgan fingerprint density at radius 1 is 0.531 bits per heavy atom. The van der Waals surface area contributed by atoms with Crippen LogP contribution < -0.4 is 94.4 Å². The summed E-state index contributed by atoms with van der Waals surface area (Å²) in [6.07, 6.45) is 0. The van der Waals surface area contributed by atoms with Gasteiger partial charge in [-0.15, -0.1) is 0 Å². The monoisotopic (exact) mass is 523 g/mol. The molecular weight excluding hydrogens is 515 g/mol. The quantitative estimate of drug-likeness (QED) is 0.116. The first kappa shape index (κ1) is 30.5. The van der Waals surface area contributed by atoms with E-state index < -0.39 is 50.4 Å². The predicted octanol–water partition coefficient (Wildman–Crippen LogP) is -8.11. The molecule has 0 aromatic heterocycles. The van der Waals surface area contributed by atoms with Gasteiger partial charge in [0.1, 0.15) is 30.4 Å². The molecule has 0 heterocycles. The summed E-state index contributed by atoms with van der Waals surface area (Å²) >= 11 is 0. The SMILES string of the molecule is Nc1cc2c(S(=O)(=O)[O-])ccc3c(S(=O)(=O)[O-])cc4c(S(=O)(=O)[O-])ccc1c4c32.[Na+].[Na+].[Na+]. The maximum Gasteiger partial charge on any atom is 1.00 e. The fourth-order valence-corrected chi connectivity index (χ4v) is 5.59. The van der Waals surface area contributed by atoms with Crippen molar-refractivity contribution in [3.05, 3.63) is 36.4 Å². The minimum Gasteiger partial charge on any atom is -0.744 e. The molecular formula is C16H8NNa3O9S3. The Labute approximate surface area is 249 Å². The summed E-state index contributed by atoms with van der Waals surface area (Å²) in [5, 5.41) is -0.996. The second kappa shape index (κ2) is 9.84. The largest absolute Gasteiger partial charge is 1.00 e. The summed E-state index contributed by atoms with van der Waals surface area (Å²) in [6.45, 7) is 0. The van der Waals surface area contributed by atoms with Crippen molar-refractivity contribution >= 4 is 68.4 Å². The van der Waals surface area contributed by atoms with Gasteiger partial charge in [-0.1, -0.05) is 12.1 Å². The van der Waals surface area contributed by atoms with E-state index in [2.05, 4.69) is 0 Å². The minimum atomic E-state index is -5.18. The van der Waals surface area contributed by atoms with Gasteiger partial charge in [0.2, 0.25) is 0 Å². The van der Waals surface area contributed by atoms with Crippen molar-refractivity contribution in [1.82, 2.24) is 0 Å². The average molecular weight is 523 g/mol.